The first-order chi connectivity index (χ1) is 9.81. The monoisotopic (exact) mass is 291 g/mol. The summed E-state index contributed by atoms with van der Waals surface area (Å²) in [5, 5.41) is 8.63. The van der Waals surface area contributed by atoms with Gasteiger partial charge in [-0.1, -0.05) is 0 Å². The molecule has 0 aliphatic carbocycles. The molecule has 0 aromatic heterocycles. The van der Waals surface area contributed by atoms with Crippen molar-refractivity contribution in [3.63, 3.8) is 0 Å². The summed E-state index contributed by atoms with van der Waals surface area (Å²) in [6.45, 7) is 4.12. The van der Waals surface area contributed by atoms with Crippen LogP contribution in [0.25, 0.3) is 6.08 Å². The molecular formula is C16H21NO4. The van der Waals surface area contributed by atoms with Crippen LogP contribution in [0.2, 0.25) is 0 Å². The van der Waals surface area contributed by atoms with Gasteiger partial charge in [0.25, 0.3) is 0 Å². The van der Waals surface area contributed by atoms with E-state index in [9.17, 15) is 9.59 Å². The van der Waals surface area contributed by atoms with Crippen molar-refractivity contribution in [2.75, 3.05) is 20.7 Å². The molecule has 0 heterocycles. The van der Waals surface area contributed by atoms with Gasteiger partial charge in [0, 0.05) is 20.2 Å². The number of hydrogen-bond acceptors (Lipinski definition) is 3. The van der Waals surface area contributed by atoms with Gasteiger partial charge in [-0.25, -0.2) is 4.79 Å². The Bertz CT molecular complexity index is 538. The molecule has 0 radical (unpaired) electrons. The van der Waals surface area contributed by atoms with Crippen LogP contribution in [0.15, 0.2) is 18.2 Å². The molecule has 0 fully saturated rings. The zero-order valence-electron chi connectivity index (χ0n) is 12.8. The highest BCUT2D eigenvalue weighted by Crippen LogP contribution is 2.25. The third kappa shape index (κ3) is 5.30. The van der Waals surface area contributed by atoms with Gasteiger partial charge in [0.1, 0.15) is 5.75 Å². The van der Waals surface area contributed by atoms with Gasteiger partial charge in [-0.2, -0.15) is 0 Å². The minimum Gasteiger partial charge on any atom is -0.493 e. The highest BCUT2D eigenvalue weighted by molar-refractivity contribution is 5.85. The summed E-state index contributed by atoms with van der Waals surface area (Å²) >= 11 is 0. The van der Waals surface area contributed by atoms with E-state index in [4.69, 9.17) is 9.84 Å². The quantitative estimate of drug-likeness (QED) is 0.816. The van der Waals surface area contributed by atoms with E-state index in [1.165, 1.54) is 4.90 Å². The van der Waals surface area contributed by atoms with Crippen LogP contribution in [0, 0.1) is 13.8 Å². The van der Waals surface area contributed by atoms with Crippen molar-refractivity contribution in [3.05, 3.63) is 34.9 Å². The Hall–Kier alpha value is -2.30. The Morgan fingerprint density at radius 1 is 1.24 bits per heavy atom. The van der Waals surface area contributed by atoms with Crippen LogP contribution >= 0.6 is 0 Å². The number of aliphatic carboxylic acids is 1. The molecule has 0 saturated heterocycles. The summed E-state index contributed by atoms with van der Waals surface area (Å²) in [6.07, 6.45) is 2.97. The fourth-order valence-electron chi connectivity index (χ4n) is 1.94. The summed E-state index contributed by atoms with van der Waals surface area (Å²) in [5.41, 5.74) is 2.64. The fourth-order valence-corrected chi connectivity index (χ4v) is 1.94. The smallest absolute Gasteiger partial charge is 0.328 e. The Morgan fingerprint density at radius 3 is 2.29 bits per heavy atom. The number of ether oxygens (including phenoxy) is 1. The summed E-state index contributed by atoms with van der Waals surface area (Å²) in [7, 11) is 3.42. The maximum atomic E-state index is 11.5. The molecule has 1 amide bonds. The van der Waals surface area contributed by atoms with Gasteiger partial charge >= 0.3 is 5.97 Å². The van der Waals surface area contributed by atoms with Crippen molar-refractivity contribution in [1.82, 2.24) is 4.90 Å². The van der Waals surface area contributed by atoms with Gasteiger partial charge in [0.2, 0.25) is 5.91 Å². The van der Waals surface area contributed by atoms with Gasteiger partial charge in [0.05, 0.1) is 13.0 Å². The number of amides is 1. The van der Waals surface area contributed by atoms with Crippen LogP contribution in [0.5, 0.6) is 5.75 Å². The number of hydrogen-bond donors (Lipinski definition) is 1. The topological polar surface area (TPSA) is 66.8 Å². The molecule has 0 bridgehead atoms. The average Bonchev–Trinajstić information content (AvgIpc) is 2.39. The summed E-state index contributed by atoms with van der Waals surface area (Å²) in [4.78, 5) is 23.5. The van der Waals surface area contributed by atoms with Gasteiger partial charge in [-0.15, -0.1) is 0 Å². The van der Waals surface area contributed by atoms with Crippen LogP contribution < -0.4 is 4.74 Å². The lowest BCUT2D eigenvalue weighted by Crippen LogP contribution is -2.23. The van der Waals surface area contributed by atoms with Crippen LogP contribution in [0.1, 0.15) is 23.1 Å². The Labute approximate surface area is 124 Å². The molecule has 5 nitrogen and oxygen atoms in total. The van der Waals surface area contributed by atoms with Crippen molar-refractivity contribution in [2.45, 2.75) is 20.3 Å². The standard InChI is InChI=1S/C16H21NO4/c1-11-9-13(5-6-15(19)20)10-12(2)16(11)21-8-7-14(18)17(3)4/h5-6,9-10H,7-8H2,1-4H3,(H,19,20)/b6-5+. The molecule has 1 N–H and O–H groups in total. The number of rotatable bonds is 6. The Morgan fingerprint density at radius 2 is 1.81 bits per heavy atom. The maximum Gasteiger partial charge on any atom is 0.328 e. The fraction of sp³-hybridized carbons (Fsp3) is 0.375. The van der Waals surface area contributed by atoms with Crippen LogP contribution in [0.4, 0.5) is 0 Å². The van der Waals surface area contributed by atoms with Crippen molar-refractivity contribution in [3.8, 4) is 5.75 Å². The molecule has 0 atom stereocenters. The predicted molar refractivity (Wildman–Crippen MR) is 81.4 cm³/mol. The van der Waals surface area contributed by atoms with Crippen LogP contribution in [0.3, 0.4) is 0 Å². The Kier molecular flexibility index (Phi) is 5.96. The zero-order valence-corrected chi connectivity index (χ0v) is 12.8. The highest BCUT2D eigenvalue weighted by Gasteiger charge is 2.08. The predicted octanol–water partition coefficient (Wildman–Crippen LogP) is 2.26. The molecule has 0 unspecified atom stereocenters. The number of carboxylic acid groups (broad SMARTS) is 1. The van der Waals surface area contributed by atoms with Crippen LogP contribution in [-0.2, 0) is 9.59 Å². The lowest BCUT2D eigenvalue weighted by Gasteiger charge is -2.14. The third-order valence-electron chi connectivity index (χ3n) is 2.96. The van der Waals surface area contributed by atoms with E-state index < -0.39 is 5.97 Å². The largest absolute Gasteiger partial charge is 0.493 e. The van der Waals surface area contributed by atoms with E-state index in [1.807, 2.05) is 26.0 Å². The van der Waals surface area contributed by atoms with E-state index in [-0.39, 0.29) is 5.91 Å². The van der Waals surface area contributed by atoms with Gasteiger partial charge < -0.3 is 14.7 Å². The molecule has 114 valence electrons. The van der Waals surface area contributed by atoms with Gasteiger partial charge in [-0.05, 0) is 48.7 Å². The second-order valence-electron chi connectivity index (χ2n) is 5.04. The normalized spacial score (nSPS) is 10.7. The Balaban J connectivity index is 2.76. The van der Waals surface area contributed by atoms with E-state index in [1.54, 1.807) is 20.2 Å². The van der Waals surface area contributed by atoms with Gasteiger partial charge in [-0.3, -0.25) is 4.79 Å². The maximum absolute atomic E-state index is 11.5. The lowest BCUT2D eigenvalue weighted by molar-refractivity contribution is -0.131. The van der Waals surface area contributed by atoms with Gasteiger partial charge in [0.15, 0.2) is 0 Å². The number of nitrogens with zero attached hydrogens (tertiary/aromatic N) is 1. The van der Waals surface area contributed by atoms with Crippen molar-refractivity contribution in [1.29, 1.82) is 0 Å². The molecule has 5 heteroatoms. The molecule has 1 rings (SSSR count). The number of benzene rings is 1. The van der Waals surface area contributed by atoms with E-state index in [2.05, 4.69) is 0 Å². The minimum absolute atomic E-state index is 0.0197. The summed E-state index contributed by atoms with van der Waals surface area (Å²) < 4.78 is 5.68. The van der Waals surface area contributed by atoms with Crippen molar-refractivity contribution >= 4 is 18.0 Å². The number of carbonyl (C=O) groups excluding carboxylic acids is 1. The number of carbonyl (C=O) groups is 2. The van der Waals surface area contributed by atoms with Crippen molar-refractivity contribution in [2.24, 2.45) is 0 Å². The number of aryl methyl sites for hydroxylation is 2. The first-order valence-corrected chi connectivity index (χ1v) is 6.66. The molecule has 1 aromatic rings. The summed E-state index contributed by atoms with van der Waals surface area (Å²) in [5.74, 6) is -0.215. The molecule has 1 aromatic carbocycles. The molecule has 0 saturated carbocycles. The summed E-state index contributed by atoms with van der Waals surface area (Å²) in [6, 6.07) is 3.71. The molecule has 0 aliphatic heterocycles. The molecule has 0 spiro atoms. The van der Waals surface area contributed by atoms with Crippen LogP contribution in [-0.4, -0.2) is 42.6 Å². The van der Waals surface area contributed by atoms with E-state index >= 15 is 0 Å². The third-order valence-corrected chi connectivity index (χ3v) is 2.96. The van der Waals surface area contributed by atoms with E-state index in [0.29, 0.717) is 13.0 Å². The molecule has 0 aliphatic rings. The molecule has 21 heavy (non-hydrogen) atoms. The minimum atomic E-state index is -0.979. The van der Waals surface area contributed by atoms with Crippen molar-refractivity contribution < 1.29 is 19.4 Å². The average molecular weight is 291 g/mol. The highest BCUT2D eigenvalue weighted by atomic mass is 16.5. The second kappa shape index (κ2) is 7.47. The SMILES string of the molecule is Cc1cc(/C=C/C(=O)O)cc(C)c1OCCC(=O)N(C)C. The second-order valence-corrected chi connectivity index (χ2v) is 5.04. The first kappa shape index (κ1) is 16.8. The number of carboxylic acids is 1. The van der Waals surface area contributed by atoms with E-state index in [0.717, 1.165) is 28.5 Å². The first-order valence-electron chi connectivity index (χ1n) is 6.66. The molecular weight excluding hydrogens is 270 g/mol. The lowest BCUT2D eigenvalue weighted by atomic mass is 10.1. The zero-order chi connectivity index (χ0) is 16.0.